The molecule has 1 amide bonds. The number of halogens is 2. The maximum Gasteiger partial charge on any atom is 0.387 e. The van der Waals surface area contributed by atoms with Crippen LogP contribution >= 0.6 is 11.8 Å². The summed E-state index contributed by atoms with van der Waals surface area (Å²) < 4.78 is 29.2. The lowest BCUT2D eigenvalue weighted by Gasteiger charge is -2.11. The molecule has 0 radical (unpaired) electrons. The van der Waals surface area contributed by atoms with E-state index >= 15 is 0 Å². The minimum atomic E-state index is -2.95. The number of nitrogens with zero attached hydrogens (tertiary/aromatic N) is 1. The average molecular weight is 360 g/mol. The monoisotopic (exact) mass is 360 g/mol. The summed E-state index contributed by atoms with van der Waals surface area (Å²) in [4.78, 5) is 16.6. The molecular weight excluding hydrogens is 346 g/mol. The Morgan fingerprint density at radius 2 is 1.84 bits per heavy atom. The van der Waals surface area contributed by atoms with Gasteiger partial charge in [-0.1, -0.05) is 48.2 Å². The van der Waals surface area contributed by atoms with E-state index in [0.717, 1.165) is 10.9 Å². The second-order valence-electron chi connectivity index (χ2n) is 5.05. The van der Waals surface area contributed by atoms with Gasteiger partial charge >= 0.3 is 6.61 Å². The van der Waals surface area contributed by atoms with E-state index in [0.29, 0.717) is 5.03 Å². The quantitative estimate of drug-likeness (QED) is 0.655. The number of thioether (sulfide) groups is 1. The Balaban J connectivity index is 1.63. The van der Waals surface area contributed by atoms with Crippen LogP contribution in [0.15, 0.2) is 65.7 Å². The number of carbonyl (C=O) groups is 1. The Morgan fingerprint density at radius 3 is 2.68 bits per heavy atom. The summed E-state index contributed by atoms with van der Waals surface area (Å²) in [6.45, 7) is -2.95. The molecule has 0 unspecified atom stereocenters. The molecule has 1 heterocycles. The standard InChI is InChI=1S/C18H14F2N2O2S/c19-18(20)24-15-8-4-3-7-14(15)21-16(23)11-25-17-10-9-12-5-1-2-6-13(12)22-17/h1-10,18H,11H2,(H,21,23). The van der Waals surface area contributed by atoms with Gasteiger partial charge < -0.3 is 10.1 Å². The normalized spacial score (nSPS) is 10.8. The molecule has 1 aromatic heterocycles. The van der Waals surface area contributed by atoms with Crippen molar-refractivity contribution >= 4 is 34.3 Å². The Morgan fingerprint density at radius 1 is 1.08 bits per heavy atom. The minimum absolute atomic E-state index is 0.0697. The van der Waals surface area contributed by atoms with E-state index in [2.05, 4.69) is 15.0 Å². The van der Waals surface area contributed by atoms with Crippen LogP contribution in [0.2, 0.25) is 0 Å². The molecule has 7 heteroatoms. The van der Waals surface area contributed by atoms with Crippen LogP contribution < -0.4 is 10.1 Å². The SMILES string of the molecule is O=C(CSc1ccc2ccccc2n1)Nc1ccccc1OC(F)F. The van der Waals surface area contributed by atoms with Gasteiger partial charge in [0.1, 0.15) is 5.75 Å². The molecule has 3 rings (SSSR count). The molecule has 3 aromatic rings. The van der Waals surface area contributed by atoms with Gasteiger partial charge in [0.15, 0.2) is 0 Å². The lowest BCUT2D eigenvalue weighted by atomic mass is 10.2. The second kappa shape index (κ2) is 7.94. The number of para-hydroxylation sites is 3. The fraction of sp³-hybridized carbons (Fsp3) is 0.111. The van der Waals surface area contributed by atoms with Crippen molar-refractivity contribution in [1.82, 2.24) is 4.98 Å². The summed E-state index contributed by atoms with van der Waals surface area (Å²) in [7, 11) is 0. The zero-order valence-corrected chi connectivity index (χ0v) is 13.8. The third-order valence-electron chi connectivity index (χ3n) is 3.30. The number of anilines is 1. The van der Waals surface area contributed by atoms with Gasteiger partial charge in [-0.3, -0.25) is 4.79 Å². The van der Waals surface area contributed by atoms with Crippen molar-refractivity contribution in [2.75, 3.05) is 11.1 Å². The van der Waals surface area contributed by atoms with E-state index in [1.807, 2.05) is 36.4 Å². The molecule has 1 N–H and O–H groups in total. The predicted octanol–water partition coefficient (Wildman–Crippen LogP) is 4.57. The van der Waals surface area contributed by atoms with Crippen LogP contribution in [0.3, 0.4) is 0 Å². The van der Waals surface area contributed by atoms with E-state index in [1.54, 1.807) is 12.1 Å². The first kappa shape index (κ1) is 17.2. The van der Waals surface area contributed by atoms with E-state index in [9.17, 15) is 13.6 Å². The molecule has 0 aliphatic carbocycles. The van der Waals surface area contributed by atoms with Crippen LogP contribution in [0, 0.1) is 0 Å². The van der Waals surface area contributed by atoms with Gasteiger partial charge in [-0.05, 0) is 24.3 Å². The van der Waals surface area contributed by atoms with Gasteiger partial charge in [0.2, 0.25) is 5.91 Å². The summed E-state index contributed by atoms with van der Waals surface area (Å²) in [5.74, 6) is -0.293. The summed E-state index contributed by atoms with van der Waals surface area (Å²) in [5, 5.41) is 4.31. The number of aromatic nitrogens is 1. The number of amides is 1. The minimum Gasteiger partial charge on any atom is -0.433 e. The van der Waals surface area contributed by atoms with Crippen molar-refractivity contribution in [2.45, 2.75) is 11.6 Å². The van der Waals surface area contributed by atoms with Crippen molar-refractivity contribution in [3.05, 3.63) is 60.7 Å². The molecular formula is C18H14F2N2O2S. The van der Waals surface area contributed by atoms with Crippen LogP contribution in [-0.4, -0.2) is 23.3 Å². The largest absolute Gasteiger partial charge is 0.433 e. The molecule has 0 bridgehead atoms. The lowest BCUT2D eigenvalue weighted by Crippen LogP contribution is -2.15. The number of hydrogen-bond acceptors (Lipinski definition) is 4. The predicted molar refractivity (Wildman–Crippen MR) is 94.2 cm³/mol. The fourth-order valence-electron chi connectivity index (χ4n) is 2.22. The number of pyridine rings is 1. The number of carbonyl (C=O) groups excluding carboxylic acids is 1. The Hall–Kier alpha value is -2.67. The first-order chi connectivity index (χ1) is 12.1. The molecule has 0 fully saturated rings. The van der Waals surface area contributed by atoms with E-state index in [1.165, 1.54) is 23.9 Å². The lowest BCUT2D eigenvalue weighted by molar-refractivity contribution is -0.113. The van der Waals surface area contributed by atoms with Gasteiger partial charge in [0.25, 0.3) is 0 Å². The number of benzene rings is 2. The molecule has 0 saturated carbocycles. The summed E-state index contributed by atoms with van der Waals surface area (Å²) >= 11 is 1.27. The van der Waals surface area contributed by atoms with Crippen molar-refractivity contribution in [3.63, 3.8) is 0 Å². The van der Waals surface area contributed by atoms with Gasteiger partial charge in [0, 0.05) is 5.39 Å². The summed E-state index contributed by atoms with van der Waals surface area (Å²) in [6, 6.07) is 17.5. The number of rotatable bonds is 6. The highest BCUT2D eigenvalue weighted by molar-refractivity contribution is 7.99. The molecule has 0 saturated heterocycles. The number of hydrogen-bond donors (Lipinski definition) is 1. The van der Waals surface area contributed by atoms with Crippen LogP contribution in [0.4, 0.5) is 14.5 Å². The molecule has 4 nitrogen and oxygen atoms in total. The first-order valence-corrected chi connectivity index (χ1v) is 8.42. The average Bonchev–Trinajstić information content (AvgIpc) is 2.61. The third kappa shape index (κ3) is 4.67. The number of fused-ring (bicyclic) bond motifs is 1. The molecule has 128 valence electrons. The zero-order chi connectivity index (χ0) is 17.6. The number of nitrogens with one attached hydrogen (secondary N) is 1. The van der Waals surface area contributed by atoms with Gasteiger partial charge in [-0.25, -0.2) is 4.98 Å². The molecule has 25 heavy (non-hydrogen) atoms. The van der Waals surface area contributed by atoms with Crippen LogP contribution in [0.25, 0.3) is 10.9 Å². The highest BCUT2D eigenvalue weighted by atomic mass is 32.2. The molecule has 0 aliphatic rings. The third-order valence-corrected chi connectivity index (χ3v) is 4.23. The Bertz CT molecular complexity index is 890. The van der Waals surface area contributed by atoms with Gasteiger partial charge in [0.05, 0.1) is 22.0 Å². The number of ether oxygens (including phenoxy) is 1. The maximum atomic E-state index is 12.4. The first-order valence-electron chi connectivity index (χ1n) is 7.44. The smallest absolute Gasteiger partial charge is 0.387 e. The highest BCUT2D eigenvalue weighted by Gasteiger charge is 2.12. The fourth-order valence-corrected chi connectivity index (χ4v) is 2.90. The summed E-state index contributed by atoms with van der Waals surface area (Å²) in [6.07, 6.45) is 0. The van der Waals surface area contributed by atoms with E-state index in [4.69, 9.17) is 0 Å². The molecule has 2 aromatic carbocycles. The highest BCUT2D eigenvalue weighted by Crippen LogP contribution is 2.26. The summed E-state index contributed by atoms with van der Waals surface area (Å²) in [5.41, 5.74) is 1.06. The van der Waals surface area contributed by atoms with Crippen molar-refractivity contribution in [2.24, 2.45) is 0 Å². The van der Waals surface area contributed by atoms with Crippen molar-refractivity contribution in [1.29, 1.82) is 0 Å². The van der Waals surface area contributed by atoms with Crippen molar-refractivity contribution in [3.8, 4) is 5.75 Å². The molecule has 0 aliphatic heterocycles. The topological polar surface area (TPSA) is 51.2 Å². The maximum absolute atomic E-state index is 12.4. The zero-order valence-electron chi connectivity index (χ0n) is 13.0. The van der Waals surface area contributed by atoms with Gasteiger partial charge in [-0.2, -0.15) is 8.78 Å². The van der Waals surface area contributed by atoms with Crippen LogP contribution in [0.1, 0.15) is 0 Å². The van der Waals surface area contributed by atoms with E-state index in [-0.39, 0.29) is 23.1 Å². The Labute approximate surface area is 147 Å². The van der Waals surface area contributed by atoms with Gasteiger partial charge in [-0.15, -0.1) is 0 Å². The number of alkyl halides is 2. The molecule has 0 atom stereocenters. The second-order valence-corrected chi connectivity index (χ2v) is 6.05. The van der Waals surface area contributed by atoms with Crippen LogP contribution in [0.5, 0.6) is 5.75 Å². The Kier molecular flexibility index (Phi) is 5.45. The molecule has 0 spiro atoms. The van der Waals surface area contributed by atoms with E-state index < -0.39 is 6.61 Å². The van der Waals surface area contributed by atoms with Crippen molar-refractivity contribution < 1.29 is 18.3 Å². The van der Waals surface area contributed by atoms with Crippen LogP contribution in [-0.2, 0) is 4.79 Å².